The number of hydrogen-bond donors (Lipinski definition) is 0. The van der Waals surface area contributed by atoms with Crippen LogP contribution in [0.3, 0.4) is 0 Å². The molecule has 6 nitrogen and oxygen atoms in total. The van der Waals surface area contributed by atoms with Crippen molar-refractivity contribution in [3.8, 4) is 28.7 Å². The zero-order valence-corrected chi connectivity index (χ0v) is 23.0. The van der Waals surface area contributed by atoms with E-state index in [1.165, 1.54) is 0 Å². The first-order valence-corrected chi connectivity index (χ1v) is 13.6. The van der Waals surface area contributed by atoms with Gasteiger partial charge in [-0.05, 0) is 45.3 Å². The summed E-state index contributed by atoms with van der Waals surface area (Å²) in [7, 11) is -0.426. The lowest BCUT2D eigenvalue weighted by Crippen LogP contribution is -2.41. The van der Waals surface area contributed by atoms with E-state index in [0.29, 0.717) is 17.6 Å². The number of para-hydroxylation sites is 2. The van der Waals surface area contributed by atoms with Gasteiger partial charge in [-0.2, -0.15) is 9.97 Å². The standard InChI is InChI=1S/C33H29BN4O2/c1-32(2)33(3,4)40-34(39-32)24-20-18-23(19-21-24)30-35-29(22-12-6-5-7-13-22)36-31(37-30)38-27-16-10-8-14-25(27)26-15-9-11-17-28(26)38/h5-21H,1-4H3. The Morgan fingerprint density at radius 2 is 1.02 bits per heavy atom. The summed E-state index contributed by atoms with van der Waals surface area (Å²) < 4.78 is 14.6. The molecule has 6 aromatic rings. The van der Waals surface area contributed by atoms with Crippen molar-refractivity contribution in [3.63, 3.8) is 0 Å². The molecule has 0 saturated carbocycles. The topological polar surface area (TPSA) is 62.1 Å². The highest BCUT2D eigenvalue weighted by Gasteiger charge is 2.51. The first kappa shape index (κ1) is 24.7. The van der Waals surface area contributed by atoms with Gasteiger partial charge in [-0.15, -0.1) is 0 Å². The molecule has 4 aromatic carbocycles. The fourth-order valence-electron chi connectivity index (χ4n) is 5.22. The molecule has 0 unspecified atom stereocenters. The van der Waals surface area contributed by atoms with Crippen molar-refractivity contribution < 1.29 is 9.31 Å². The molecule has 1 fully saturated rings. The number of aromatic nitrogens is 4. The molecule has 0 bridgehead atoms. The highest BCUT2D eigenvalue weighted by Crippen LogP contribution is 2.37. The van der Waals surface area contributed by atoms with E-state index in [9.17, 15) is 0 Å². The van der Waals surface area contributed by atoms with E-state index < -0.39 is 18.3 Å². The zero-order valence-electron chi connectivity index (χ0n) is 23.0. The normalized spacial score (nSPS) is 16.1. The van der Waals surface area contributed by atoms with Crippen LogP contribution in [0.4, 0.5) is 0 Å². The molecule has 0 aliphatic carbocycles. The Kier molecular flexibility index (Phi) is 5.63. The van der Waals surface area contributed by atoms with Crippen molar-refractivity contribution in [2.24, 2.45) is 0 Å². The van der Waals surface area contributed by atoms with Crippen LogP contribution in [0.2, 0.25) is 0 Å². The minimum atomic E-state index is -0.426. The van der Waals surface area contributed by atoms with Gasteiger partial charge in [0.2, 0.25) is 5.95 Å². The van der Waals surface area contributed by atoms with Gasteiger partial charge < -0.3 is 9.31 Å². The Morgan fingerprint density at radius 1 is 0.550 bits per heavy atom. The molecule has 3 heterocycles. The summed E-state index contributed by atoms with van der Waals surface area (Å²) in [5.41, 5.74) is 4.09. The molecule has 40 heavy (non-hydrogen) atoms. The average molecular weight is 524 g/mol. The van der Waals surface area contributed by atoms with Gasteiger partial charge in [-0.1, -0.05) is 91.0 Å². The van der Waals surface area contributed by atoms with Crippen LogP contribution in [0.25, 0.3) is 50.5 Å². The molecule has 2 aromatic heterocycles. The van der Waals surface area contributed by atoms with Crippen molar-refractivity contribution in [1.82, 2.24) is 19.5 Å². The van der Waals surface area contributed by atoms with E-state index in [2.05, 4.69) is 68.7 Å². The molecule has 7 rings (SSSR count). The molecule has 0 N–H and O–H groups in total. The minimum absolute atomic E-state index is 0.396. The van der Waals surface area contributed by atoms with Crippen LogP contribution in [0.15, 0.2) is 103 Å². The summed E-state index contributed by atoms with van der Waals surface area (Å²) in [6.45, 7) is 8.25. The average Bonchev–Trinajstić information content (AvgIpc) is 3.42. The number of hydrogen-bond acceptors (Lipinski definition) is 5. The highest BCUT2D eigenvalue weighted by molar-refractivity contribution is 6.62. The van der Waals surface area contributed by atoms with E-state index in [1.54, 1.807) is 0 Å². The molecule has 0 radical (unpaired) electrons. The second-order valence-electron chi connectivity index (χ2n) is 11.2. The Balaban J connectivity index is 1.37. The monoisotopic (exact) mass is 524 g/mol. The van der Waals surface area contributed by atoms with Crippen LogP contribution in [-0.4, -0.2) is 37.8 Å². The molecule has 196 valence electrons. The van der Waals surface area contributed by atoms with Crippen molar-refractivity contribution in [1.29, 1.82) is 0 Å². The Labute approximate surface area is 233 Å². The van der Waals surface area contributed by atoms with Crippen LogP contribution >= 0.6 is 0 Å². The lowest BCUT2D eigenvalue weighted by Gasteiger charge is -2.32. The van der Waals surface area contributed by atoms with Crippen LogP contribution in [0.5, 0.6) is 0 Å². The van der Waals surface area contributed by atoms with Crippen LogP contribution in [0, 0.1) is 0 Å². The Hall–Kier alpha value is -4.33. The number of fused-ring (bicyclic) bond motifs is 3. The molecular weight excluding hydrogens is 495 g/mol. The molecule has 1 saturated heterocycles. The van der Waals surface area contributed by atoms with Crippen LogP contribution in [-0.2, 0) is 9.31 Å². The van der Waals surface area contributed by atoms with Crippen molar-refractivity contribution in [2.45, 2.75) is 38.9 Å². The fourth-order valence-corrected chi connectivity index (χ4v) is 5.22. The van der Waals surface area contributed by atoms with Gasteiger partial charge in [-0.3, -0.25) is 4.57 Å². The van der Waals surface area contributed by atoms with Crippen molar-refractivity contribution >= 4 is 34.4 Å². The number of rotatable bonds is 4. The Bertz CT molecular complexity index is 1790. The second-order valence-corrected chi connectivity index (χ2v) is 11.2. The summed E-state index contributed by atoms with van der Waals surface area (Å²) >= 11 is 0. The van der Waals surface area contributed by atoms with E-state index in [0.717, 1.165) is 38.4 Å². The SMILES string of the molecule is CC1(C)OB(c2ccc(-c3nc(-c4ccccc4)nc(-n4c5ccccc5c5ccccc54)n3)cc2)OC1(C)C. The first-order valence-electron chi connectivity index (χ1n) is 13.6. The predicted octanol–water partition coefficient (Wildman–Crippen LogP) is 6.60. The molecule has 0 spiro atoms. The molecular formula is C33H29BN4O2. The maximum atomic E-state index is 6.26. The molecule has 1 aliphatic rings. The quantitative estimate of drug-likeness (QED) is 0.243. The maximum Gasteiger partial charge on any atom is 0.494 e. The van der Waals surface area contributed by atoms with Crippen LogP contribution < -0.4 is 5.46 Å². The molecule has 0 atom stereocenters. The number of nitrogens with zero attached hydrogens (tertiary/aromatic N) is 4. The largest absolute Gasteiger partial charge is 0.494 e. The van der Waals surface area contributed by atoms with Crippen molar-refractivity contribution in [2.75, 3.05) is 0 Å². The van der Waals surface area contributed by atoms with Gasteiger partial charge in [-0.25, -0.2) is 4.98 Å². The summed E-state index contributed by atoms with van der Waals surface area (Å²) in [6, 6.07) is 34.9. The van der Waals surface area contributed by atoms with E-state index in [1.807, 2.05) is 66.7 Å². The first-order chi connectivity index (χ1) is 19.3. The van der Waals surface area contributed by atoms with Gasteiger partial charge in [0.25, 0.3) is 0 Å². The third kappa shape index (κ3) is 4.01. The minimum Gasteiger partial charge on any atom is -0.399 e. The smallest absolute Gasteiger partial charge is 0.399 e. The second kappa shape index (κ2) is 9.12. The summed E-state index contributed by atoms with van der Waals surface area (Å²) in [4.78, 5) is 14.9. The lowest BCUT2D eigenvalue weighted by molar-refractivity contribution is 0.00578. The van der Waals surface area contributed by atoms with Gasteiger partial charge >= 0.3 is 7.12 Å². The third-order valence-electron chi connectivity index (χ3n) is 8.13. The van der Waals surface area contributed by atoms with Gasteiger partial charge in [0.1, 0.15) is 0 Å². The van der Waals surface area contributed by atoms with E-state index >= 15 is 0 Å². The summed E-state index contributed by atoms with van der Waals surface area (Å²) in [5.74, 6) is 1.81. The zero-order chi connectivity index (χ0) is 27.5. The summed E-state index contributed by atoms with van der Waals surface area (Å²) in [6.07, 6.45) is 0. The Morgan fingerprint density at radius 3 is 1.57 bits per heavy atom. The lowest BCUT2D eigenvalue weighted by atomic mass is 9.79. The van der Waals surface area contributed by atoms with E-state index in [-0.39, 0.29) is 0 Å². The predicted molar refractivity (Wildman–Crippen MR) is 161 cm³/mol. The summed E-state index contributed by atoms with van der Waals surface area (Å²) in [5, 5.41) is 2.32. The fraction of sp³-hybridized carbons (Fsp3) is 0.182. The van der Waals surface area contributed by atoms with Crippen molar-refractivity contribution in [3.05, 3.63) is 103 Å². The molecule has 1 aliphatic heterocycles. The van der Waals surface area contributed by atoms with Gasteiger partial charge in [0.15, 0.2) is 11.6 Å². The third-order valence-corrected chi connectivity index (χ3v) is 8.13. The van der Waals surface area contributed by atoms with Gasteiger partial charge in [0.05, 0.1) is 22.2 Å². The highest BCUT2D eigenvalue weighted by atomic mass is 16.7. The molecule has 7 heteroatoms. The van der Waals surface area contributed by atoms with Crippen LogP contribution in [0.1, 0.15) is 27.7 Å². The maximum absolute atomic E-state index is 6.26. The molecule has 0 amide bonds. The van der Waals surface area contributed by atoms with Gasteiger partial charge in [0, 0.05) is 21.9 Å². The van der Waals surface area contributed by atoms with E-state index in [4.69, 9.17) is 24.3 Å². The number of benzene rings is 4.